The Kier molecular flexibility index (Phi) is 20.3. The van der Waals surface area contributed by atoms with E-state index in [1.165, 1.54) is 14.0 Å². The van der Waals surface area contributed by atoms with Gasteiger partial charge in [-0.25, -0.2) is 0 Å². The lowest BCUT2D eigenvalue weighted by Crippen LogP contribution is -2.62. The van der Waals surface area contributed by atoms with E-state index in [2.05, 4.69) is 42.2 Å². The summed E-state index contributed by atoms with van der Waals surface area (Å²) in [6.45, 7) is 8.54. The number of carbonyl (C=O) groups excluding carboxylic acids is 6. The Bertz CT molecular complexity index is 1550. The van der Waals surface area contributed by atoms with Crippen LogP contribution in [0.2, 0.25) is 0 Å². The molecule has 1 aromatic heterocycles. The van der Waals surface area contributed by atoms with Crippen LogP contribution in [0.3, 0.4) is 0 Å². The average Bonchev–Trinajstić information content (AvgIpc) is 3.55. The zero-order valence-electron chi connectivity index (χ0n) is 32.7. The van der Waals surface area contributed by atoms with Crippen molar-refractivity contribution in [1.82, 2.24) is 42.2 Å². The minimum atomic E-state index is -1.53. The quantitative estimate of drug-likeness (QED) is 0.0494. The minimum Gasteiger partial charge on any atom is -0.394 e. The highest BCUT2D eigenvalue weighted by Gasteiger charge is 2.35. The number of nitrogens with two attached hydrogens (primary N) is 1. The van der Waals surface area contributed by atoms with Crippen molar-refractivity contribution < 1.29 is 43.7 Å². The number of para-hydroxylation sites is 1. The third-order valence-electron chi connectivity index (χ3n) is 8.73. The van der Waals surface area contributed by atoms with Crippen LogP contribution in [-0.4, -0.2) is 133 Å². The van der Waals surface area contributed by atoms with Crippen molar-refractivity contribution in [2.24, 2.45) is 11.7 Å². The minimum absolute atomic E-state index is 0.107. The van der Waals surface area contributed by atoms with Crippen LogP contribution >= 0.6 is 0 Å². The van der Waals surface area contributed by atoms with E-state index in [-0.39, 0.29) is 32.1 Å². The van der Waals surface area contributed by atoms with Gasteiger partial charge in [-0.15, -0.1) is 0 Å². The highest BCUT2D eigenvalue weighted by molar-refractivity contribution is 5.97. The number of rotatable bonds is 25. The first-order valence-corrected chi connectivity index (χ1v) is 18.7. The van der Waals surface area contributed by atoms with Crippen molar-refractivity contribution in [3.63, 3.8) is 0 Å². The first kappa shape index (κ1) is 46.5. The van der Waals surface area contributed by atoms with Gasteiger partial charge >= 0.3 is 0 Å². The Morgan fingerprint density at radius 2 is 1.44 bits per heavy atom. The molecule has 0 bridgehead atoms. The number of benzene rings is 1. The Morgan fingerprint density at radius 3 is 2.05 bits per heavy atom. The van der Waals surface area contributed by atoms with Crippen molar-refractivity contribution >= 4 is 46.3 Å². The van der Waals surface area contributed by atoms with Crippen molar-refractivity contribution in [1.29, 1.82) is 0 Å². The Hall–Kier alpha value is -4.62. The lowest BCUT2D eigenvalue weighted by Gasteiger charge is -2.29. The molecule has 2 rings (SSSR count). The Morgan fingerprint density at radius 1 is 0.800 bits per heavy atom. The molecule has 0 saturated carbocycles. The van der Waals surface area contributed by atoms with Gasteiger partial charge in [0.15, 0.2) is 0 Å². The number of unbranched alkanes of at least 4 members (excludes halogenated alkanes) is 1. The maximum atomic E-state index is 13.6. The van der Waals surface area contributed by atoms with Crippen LogP contribution in [0, 0.1) is 5.92 Å². The van der Waals surface area contributed by atoms with E-state index in [0.717, 1.165) is 16.5 Å². The number of hydrogen-bond donors (Lipinski definition) is 11. The van der Waals surface area contributed by atoms with Crippen LogP contribution in [0.1, 0.15) is 59.4 Å². The second-order valence-corrected chi connectivity index (χ2v) is 14.0. The molecule has 6 atom stereocenters. The molecule has 55 heavy (non-hydrogen) atoms. The van der Waals surface area contributed by atoms with Crippen LogP contribution in [-0.2, 0) is 39.9 Å². The molecule has 0 aliphatic carbocycles. The van der Waals surface area contributed by atoms with Gasteiger partial charge in [0.1, 0.15) is 36.8 Å². The van der Waals surface area contributed by atoms with Gasteiger partial charge in [0.2, 0.25) is 35.4 Å². The van der Waals surface area contributed by atoms with Crippen molar-refractivity contribution in [3.8, 4) is 0 Å². The smallest absolute Gasteiger partial charge is 0.246 e. The lowest BCUT2D eigenvalue weighted by atomic mass is 10.0. The molecule has 0 aliphatic rings. The van der Waals surface area contributed by atoms with E-state index < -0.39 is 84.3 Å². The number of likely N-dealkylation sites (N-methyl/N-ethyl adjacent to an activating group) is 1. The summed E-state index contributed by atoms with van der Waals surface area (Å²) < 4.78 is 5.38. The monoisotopic (exact) mass is 775 g/mol. The number of aromatic amines is 1. The summed E-state index contributed by atoms with van der Waals surface area (Å²) in [5.41, 5.74) is 7.21. The molecule has 0 aliphatic heterocycles. The molecular weight excluding hydrogens is 714 g/mol. The molecule has 1 heterocycles. The molecule has 0 spiro atoms. The van der Waals surface area contributed by atoms with Gasteiger partial charge in [-0.05, 0) is 50.3 Å². The second-order valence-electron chi connectivity index (χ2n) is 14.0. The maximum absolute atomic E-state index is 13.6. The van der Waals surface area contributed by atoms with E-state index in [9.17, 15) is 39.0 Å². The van der Waals surface area contributed by atoms with Crippen LogP contribution < -0.4 is 43.0 Å². The third-order valence-corrected chi connectivity index (χ3v) is 8.73. The number of nitrogens with one attached hydrogen (secondary N) is 8. The number of aliphatic hydroxyl groups is 2. The summed E-state index contributed by atoms with van der Waals surface area (Å²) in [6.07, 6.45) is 1.70. The fourth-order valence-corrected chi connectivity index (χ4v) is 5.65. The van der Waals surface area contributed by atoms with Crippen molar-refractivity contribution in [2.75, 3.05) is 40.0 Å². The van der Waals surface area contributed by atoms with Gasteiger partial charge in [-0.1, -0.05) is 45.9 Å². The zero-order chi connectivity index (χ0) is 41.1. The molecule has 12 N–H and O–H groups in total. The van der Waals surface area contributed by atoms with E-state index in [1.54, 1.807) is 20.0 Å². The standard InChI is InChI=1S/C37H61N9O9/c1-21(2)31(45-35(52)29(19-47)44-34(51)27(13-9-10-14-38)42-30(49)20-55-16-15-40-22(3)4)36(53)46-32(23(5)48)37(54)43-28(33(50)39-6)17-24-18-41-26-12-8-7-11-25(24)26/h7-8,11-12,18,21-23,27-29,31-32,40-41,47-48H,9-10,13-17,19-20,38H2,1-6H3,(H,39,50)(H,42,49)(H,43,54)(H,44,51)(H,45,52)(H,46,53)/t23-,27+,28+,29+,31+,32+/m1/s1. The molecule has 1 aromatic carbocycles. The molecule has 308 valence electrons. The van der Waals surface area contributed by atoms with Gasteiger partial charge in [0.05, 0.1) is 19.3 Å². The first-order valence-electron chi connectivity index (χ1n) is 18.7. The third kappa shape index (κ3) is 15.6. The summed E-state index contributed by atoms with van der Waals surface area (Å²) in [4.78, 5) is 82.3. The SMILES string of the molecule is CNC(=O)[C@H](Cc1c[nH]c2ccccc12)NC(=O)[C@@H](NC(=O)[C@@H](NC(=O)[C@H](CO)NC(=O)[C@H](CCCCN)NC(=O)COCCNC(C)C)C(C)C)[C@@H](C)O. The number of aliphatic hydroxyl groups excluding tert-OH is 2. The lowest BCUT2D eigenvalue weighted by molar-refractivity contribution is -0.137. The second kappa shape index (κ2) is 24.0. The molecule has 18 nitrogen and oxygen atoms in total. The predicted molar refractivity (Wildman–Crippen MR) is 206 cm³/mol. The van der Waals surface area contributed by atoms with Crippen LogP contribution in [0.5, 0.6) is 0 Å². The fourth-order valence-electron chi connectivity index (χ4n) is 5.65. The first-order chi connectivity index (χ1) is 26.1. The van der Waals surface area contributed by atoms with Gasteiger partial charge in [-0.2, -0.15) is 0 Å². The van der Waals surface area contributed by atoms with E-state index in [0.29, 0.717) is 25.9 Å². The number of amides is 6. The van der Waals surface area contributed by atoms with Crippen LogP contribution in [0.25, 0.3) is 10.9 Å². The summed E-state index contributed by atoms with van der Waals surface area (Å²) in [5, 5.41) is 39.8. The number of fused-ring (bicyclic) bond motifs is 1. The van der Waals surface area contributed by atoms with Crippen LogP contribution in [0.15, 0.2) is 30.5 Å². The zero-order valence-corrected chi connectivity index (χ0v) is 32.7. The maximum Gasteiger partial charge on any atom is 0.246 e. The normalized spacial score (nSPS) is 14.7. The van der Waals surface area contributed by atoms with Crippen molar-refractivity contribution in [3.05, 3.63) is 36.0 Å². The summed E-state index contributed by atoms with van der Waals surface area (Å²) in [7, 11) is 1.42. The highest BCUT2D eigenvalue weighted by atomic mass is 16.5. The van der Waals surface area contributed by atoms with Crippen molar-refractivity contribution in [2.45, 2.75) is 103 Å². The van der Waals surface area contributed by atoms with E-state index >= 15 is 0 Å². The molecule has 0 radical (unpaired) electrons. The number of hydrogen-bond acceptors (Lipinski definition) is 11. The Balaban J connectivity index is 2.11. The molecule has 0 fully saturated rings. The summed E-state index contributed by atoms with van der Waals surface area (Å²) in [6, 6.07) is 1.26. The molecular formula is C37H61N9O9. The fraction of sp³-hybridized carbons (Fsp3) is 0.622. The molecule has 0 unspecified atom stereocenters. The molecule has 6 amide bonds. The number of ether oxygens (including phenoxy) is 1. The largest absolute Gasteiger partial charge is 0.394 e. The molecule has 2 aromatic rings. The van der Waals surface area contributed by atoms with E-state index in [1.807, 2.05) is 38.1 Å². The average molecular weight is 776 g/mol. The van der Waals surface area contributed by atoms with Crippen LogP contribution in [0.4, 0.5) is 0 Å². The van der Waals surface area contributed by atoms with E-state index in [4.69, 9.17) is 10.5 Å². The Labute approximate surface area is 322 Å². The van der Waals surface area contributed by atoms with Gasteiger partial charge < -0.3 is 62.9 Å². The topological polar surface area (TPSA) is 278 Å². The predicted octanol–water partition coefficient (Wildman–Crippen LogP) is -1.95. The van der Waals surface area contributed by atoms with Gasteiger partial charge in [0, 0.05) is 43.2 Å². The summed E-state index contributed by atoms with van der Waals surface area (Å²) in [5.74, 6) is -4.93. The van der Waals surface area contributed by atoms with Gasteiger partial charge in [-0.3, -0.25) is 28.8 Å². The number of aromatic nitrogens is 1. The van der Waals surface area contributed by atoms with Gasteiger partial charge in [0.25, 0.3) is 0 Å². The number of H-pyrrole nitrogens is 1. The molecule has 0 saturated heterocycles. The molecule has 18 heteroatoms. The summed E-state index contributed by atoms with van der Waals surface area (Å²) >= 11 is 0. The highest BCUT2D eigenvalue weighted by Crippen LogP contribution is 2.19. The number of carbonyl (C=O) groups is 6.